The van der Waals surface area contributed by atoms with Crippen molar-refractivity contribution in [2.45, 2.75) is 19.6 Å². The van der Waals surface area contributed by atoms with Gasteiger partial charge in [-0.1, -0.05) is 0 Å². The summed E-state index contributed by atoms with van der Waals surface area (Å²) < 4.78 is 143. The number of rotatable bonds is 4. The Hall–Kier alpha value is 0.500. The summed E-state index contributed by atoms with van der Waals surface area (Å²) in [5.41, 5.74) is -4.52. The summed E-state index contributed by atoms with van der Waals surface area (Å²) >= 11 is 0. The summed E-state index contributed by atoms with van der Waals surface area (Å²) in [6, 6.07) is 5.08. The monoisotopic (exact) mass is 692 g/mol. The van der Waals surface area contributed by atoms with E-state index in [0.717, 1.165) is 30.3 Å². The molecule has 0 radical (unpaired) electrons. The summed E-state index contributed by atoms with van der Waals surface area (Å²) in [6.45, 7) is 0. The zero-order valence-electron chi connectivity index (χ0n) is 21.9. The Balaban J connectivity index is 0.00000220. The van der Waals surface area contributed by atoms with E-state index in [2.05, 4.69) is 20.6 Å². The van der Waals surface area contributed by atoms with Gasteiger partial charge in [0.25, 0.3) is 0 Å². The van der Waals surface area contributed by atoms with E-state index in [1.807, 2.05) is 0 Å². The molecular formula is C18H8N4Na4O12S4. The normalized spacial score (nSPS) is 12.7. The number of nitrogens with zero attached hydrogens (tertiary/aromatic N) is 2. The number of fused-ring (bicyclic) bond motifs is 4. The Bertz CT molecular complexity index is 2200. The zero-order chi connectivity index (χ0) is 28.0. The van der Waals surface area contributed by atoms with Crippen molar-refractivity contribution in [3.8, 4) is 0 Å². The number of benzene rings is 3. The largest absolute Gasteiger partial charge is 1.00 e. The molecule has 0 saturated heterocycles. The molecule has 24 heteroatoms. The van der Waals surface area contributed by atoms with Crippen LogP contribution in [0.4, 0.5) is 22.7 Å². The topological polar surface area (TPSA) is 279 Å². The second-order valence-electron chi connectivity index (χ2n) is 7.75. The fourth-order valence-corrected chi connectivity index (χ4v) is 6.41. The van der Waals surface area contributed by atoms with Crippen LogP contribution in [0.2, 0.25) is 0 Å². The first kappa shape index (κ1) is 40.5. The first-order valence-electron chi connectivity index (χ1n) is 9.69. The van der Waals surface area contributed by atoms with Crippen LogP contribution in [0.5, 0.6) is 0 Å². The van der Waals surface area contributed by atoms with Crippen LogP contribution >= 0.6 is 0 Å². The van der Waals surface area contributed by atoms with Crippen LogP contribution in [0.15, 0.2) is 56.0 Å². The van der Waals surface area contributed by atoms with Gasteiger partial charge in [-0.15, -0.1) is 0 Å². The molecule has 1 aliphatic rings. The van der Waals surface area contributed by atoms with Crippen LogP contribution in [-0.4, -0.2) is 61.9 Å². The van der Waals surface area contributed by atoms with Crippen molar-refractivity contribution in [2.24, 2.45) is 0 Å². The molecule has 0 unspecified atom stereocenters. The average molecular weight is 693 g/mol. The fourth-order valence-electron chi connectivity index (χ4n) is 3.86. The molecule has 3 aromatic carbocycles. The van der Waals surface area contributed by atoms with E-state index < -0.39 is 88.0 Å². The molecule has 0 atom stereocenters. The third kappa shape index (κ3) is 7.72. The second-order valence-corrected chi connectivity index (χ2v) is 13.1. The van der Waals surface area contributed by atoms with Gasteiger partial charge in [0, 0.05) is 0 Å². The summed E-state index contributed by atoms with van der Waals surface area (Å²) in [7, 11) is -21.1. The van der Waals surface area contributed by atoms with Gasteiger partial charge in [-0.25, -0.2) is 43.6 Å². The van der Waals surface area contributed by atoms with Crippen LogP contribution in [-0.2, 0) is 40.5 Å². The van der Waals surface area contributed by atoms with Crippen molar-refractivity contribution < 1.29 is 170 Å². The van der Waals surface area contributed by atoms with Gasteiger partial charge in [-0.05, 0) is 36.4 Å². The van der Waals surface area contributed by atoms with E-state index in [0.29, 0.717) is 6.07 Å². The van der Waals surface area contributed by atoms with E-state index in [1.165, 1.54) is 0 Å². The van der Waals surface area contributed by atoms with Gasteiger partial charge in [0.15, 0.2) is 0 Å². The van der Waals surface area contributed by atoms with E-state index in [1.54, 1.807) is 0 Å². The van der Waals surface area contributed by atoms with Crippen molar-refractivity contribution in [3.05, 3.63) is 36.4 Å². The van der Waals surface area contributed by atoms with E-state index >= 15 is 0 Å². The number of hydrogen-bond donors (Lipinski definition) is 2. The summed E-state index contributed by atoms with van der Waals surface area (Å²) in [6.07, 6.45) is 0. The Morgan fingerprint density at radius 3 is 1.36 bits per heavy atom. The van der Waals surface area contributed by atoms with Gasteiger partial charge >= 0.3 is 118 Å². The van der Waals surface area contributed by atoms with Crippen LogP contribution in [0.3, 0.4) is 0 Å². The molecule has 5 rings (SSSR count). The molecule has 0 spiro atoms. The van der Waals surface area contributed by atoms with E-state index in [9.17, 15) is 51.9 Å². The summed E-state index contributed by atoms with van der Waals surface area (Å²) in [5.74, 6) is 0. The molecule has 0 aliphatic carbocycles. The standard InChI is InChI=1S/C18H12N4O12S4.4Na/c23-35(24,25)7-1-3-9-11(5-7)21-15-13(19-9)17(37(29,30)31)16-14(18(15)38(32,33)34)20-10-4-2-8(36(26,27)28)6-12(10)22-16;;;;/h1-6,19,21H,(H,23,24,25)(H,26,27,28)(H,29,30,31)(H,32,33,34);;;;/q;4*+1/p-4. The average Bonchev–Trinajstić information content (AvgIpc) is 2.76. The van der Waals surface area contributed by atoms with Crippen molar-refractivity contribution >= 4 is 85.3 Å². The maximum absolute atomic E-state index is 12.4. The van der Waals surface area contributed by atoms with Crippen molar-refractivity contribution in [3.63, 3.8) is 0 Å². The molecule has 4 aromatic rings. The third-order valence-corrected chi connectivity index (χ3v) is 8.82. The first-order chi connectivity index (χ1) is 17.4. The van der Waals surface area contributed by atoms with Crippen LogP contribution in [0.1, 0.15) is 0 Å². The number of nitrogens with one attached hydrogen (secondary N) is 2. The second kappa shape index (κ2) is 13.7. The number of hydrogen-bond acceptors (Lipinski definition) is 16. The zero-order valence-corrected chi connectivity index (χ0v) is 33.2. The molecule has 1 aromatic heterocycles. The molecule has 200 valence electrons. The minimum Gasteiger partial charge on any atom is -0.744 e. The number of aromatic nitrogens is 2. The minimum absolute atomic E-state index is 0. The van der Waals surface area contributed by atoms with Gasteiger partial charge in [-0.2, -0.15) is 0 Å². The van der Waals surface area contributed by atoms with Gasteiger partial charge in [0.1, 0.15) is 61.3 Å². The molecule has 0 saturated carbocycles. The van der Waals surface area contributed by atoms with Crippen LogP contribution in [0, 0.1) is 0 Å². The predicted octanol–water partition coefficient (Wildman–Crippen LogP) is -11.8. The Labute approximate surface area is 327 Å². The molecule has 0 bridgehead atoms. The smallest absolute Gasteiger partial charge is 0.744 e. The molecule has 1 aliphatic heterocycles. The molecule has 2 heterocycles. The molecule has 0 fully saturated rings. The van der Waals surface area contributed by atoms with Gasteiger partial charge in [0.2, 0.25) is 0 Å². The SMILES string of the molecule is O=S(=O)([O-])c1ccc2c(c1)Nc1c(c(S(=O)(=O)[O-])c3nc4cc(S(=O)(=O)[O-])ccc4nc3c1S(=O)(=O)[O-])N2.[Na+].[Na+].[Na+].[Na+]. The first-order valence-corrected chi connectivity index (χ1v) is 15.3. The quantitative estimate of drug-likeness (QED) is 0.100. The van der Waals surface area contributed by atoms with Gasteiger partial charge < -0.3 is 28.8 Å². The van der Waals surface area contributed by atoms with Crippen LogP contribution in [0.25, 0.3) is 22.1 Å². The Kier molecular flexibility index (Phi) is 13.2. The molecule has 16 nitrogen and oxygen atoms in total. The molecule has 42 heavy (non-hydrogen) atoms. The van der Waals surface area contributed by atoms with Crippen molar-refractivity contribution in [1.82, 2.24) is 9.97 Å². The van der Waals surface area contributed by atoms with Gasteiger partial charge in [0.05, 0.1) is 43.6 Å². The molecule has 0 amide bonds. The molecule has 2 N–H and O–H groups in total. The van der Waals surface area contributed by atoms with Crippen LogP contribution < -0.4 is 129 Å². The maximum atomic E-state index is 12.4. The number of anilines is 4. The van der Waals surface area contributed by atoms with Gasteiger partial charge in [-0.3, -0.25) is 0 Å². The van der Waals surface area contributed by atoms with E-state index in [4.69, 9.17) is 0 Å². The maximum Gasteiger partial charge on any atom is 1.00 e. The van der Waals surface area contributed by atoms with Crippen molar-refractivity contribution in [1.29, 1.82) is 0 Å². The van der Waals surface area contributed by atoms with Crippen molar-refractivity contribution in [2.75, 3.05) is 10.6 Å². The summed E-state index contributed by atoms with van der Waals surface area (Å²) in [4.78, 5) is 3.83. The van der Waals surface area contributed by atoms with E-state index in [-0.39, 0.29) is 135 Å². The predicted molar refractivity (Wildman–Crippen MR) is 122 cm³/mol. The summed E-state index contributed by atoms with van der Waals surface area (Å²) in [5, 5.41) is 4.80. The third-order valence-electron chi connectivity index (χ3n) is 5.36. The Morgan fingerprint density at radius 1 is 0.500 bits per heavy atom. The minimum atomic E-state index is -5.55. The fraction of sp³-hybridized carbons (Fsp3) is 0. The Morgan fingerprint density at radius 2 is 0.905 bits per heavy atom. The molecular weight excluding hydrogens is 684 g/mol.